The van der Waals surface area contributed by atoms with Crippen molar-refractivity contribution in [2.24, 2.45) is 0 Å². The van der Waals surface area contributed by atoms with E-state index < -0.39 is 6.10 Å². The van der Waals surface area contributed by atoms with Gasteiger partial charge in [-0.15, -0.1) is 0 Å². The number of ether oxygens (including phenoxy) is 2. The molecule has 1 atom stereocenters. The second-order valence-corrected chi connectivity index (χ2v) is 6.49. The predicted molar refractivity (Wildman–Crippen MR) is 99.6 cm³/mol. The molecule has 1 amide bonds. The van der Waals surface area contributed by atoms with Crippen LogP contribution in [-0.2, 0) is 17.6 Å². The van der Waals surface area contributed by atoms with E-state index in [1.807, 2.05) is 47.4 Å². The molecule has 2 aromatic carbocycles. The zero-order valence-electron chi connectivity index (χ0n) is 15.3. The zero-order valence-corrected chi connectivity index (χ0v) is 15.3. The van der Waals surface area contributed by atoms with Crippen LogP contribution < -0.4 is 9.47 Å². The first-order valence-corrected chi connectivity index (χ1v) is 8.87. The molecule has 0 radical (unpaired) electrons. The van der Waals surface area contributed by atoms with Crippen molar-refractivity contribution in [1.29, 1.82) is 0 Å². The van der Waals surface area contributed by atoms with Gasteiger partial charge in [0.1, 0.15) is 0 Å². The summed E-state index contributed by atoms with van der Waals surface area (Å²) < 4.78 is 10.8. The van der Waals surface area contributed by atoms with Crippen molar-refractivity contribution >= 4 is 5.91 Å². The standard InChI is InChI=1S/C21H25NO4/c1-25-19-12-16-8-10-22(11-9-17(16)13-20(19)26-2)21(24)14-18(23)15-6-4-3-5-7-15/h3-7,12-13,18,23H,8-11,14H2,1-2H3. The minimum Gasteiger partial charge on any atom is -0.493 e. The number of fused-ring (bicyclic) bond motifs is 1. The maximum Gasteiger partial charge on any atom is 0.225 e. The summed E-state index contributed by atoms with van der Waals surface area (Å²) in [6, 6.07) is 13.3. The van der Waals surface area contributed by atoms with Gasteiger partial charge < -0.3 is 19.5 Å². The van der Waals surface area contributed by atoms with Crippen molar-refractivity contribution in [3.05, 3.63) is 59.2 Å². The van der Waals surface area contributed by atoms with Gasteiger partial charge in [0.15, 0.2) is 11.5 Å². The lowest BCUT2D eigenvalue weighted by molar-refractivity contribution is -0.133. The summed E-state index contributed by atoms with van der Waals surface area (Å²) in [5.41, 5.74) is 3.14. The van der Waals surface area contributed by atoms with E-state index in [0.29, 0.717) is 24.6 Å². The molecule has 0 spiro atoms. The molecular weight excluding hydrogens is 330 g/mol. The van der Waals surface area contributed by atoms with Crippen LogP contribution in [0.2, 0.25) is 0 Å². The first-order valence-electron chi connectivity index (χ1n) is 8.87. The van der Waals surface area contributed by atoms with Crippen molar-refractivity contribution in [1.82, 2.24) is 4.90 Å². The molecule has 3 rings (SSSR count). The molecule has 1 aliphatic rings. The van der Waals surface area contributed by atoms with Gasteiger partial charge >= 0.3 is 0 Å². The number of carbonyl (C=O) groups excluding carboxylic acids is 1. The number of carbonyl (C=O) groups is 1. The van der Waals surface area contributed by atoms with Crippen LogP contribution in [0.5, 0.6) is 11.5 Å². The zero-order chi connectivity index (χ0) is 18.5. The van der Waals surface area contributed by atoms with Crippen LogP contribution in [0, 0.1) is 0 Å². The number of benzene rings is 2. The molecule has 1 N–H and O–H groups in total. The molecule has 0 saturated heterocycles. The van der Waals surface area contributed by atoms with Gasteiger partial charge in [-0.2, -0.15) is 0 Å². The average Bonchev–Trinajstić information content (AvgIpc) is 2.89. The fourth-order valence-electron chi connectivity index (χ4n) is 3.39. The van der Waals surface area contributed by atoms with E-state index in [4.69, 9.17) is 9.47 Å². The SMILES string of the molecule is COc1cc2c(cc1OC)CCN(C(=O)CC(O)c1ccccc1)CC2. The van der Waals surface area contributed by atoms with Crippen molar-refractivity contribution in [2.45, 2.75) is 25.4 Å². The fourth-order valence-corrected chi connectivity index (χ4v) is 3.39. The number of rotatable bonds is 5. The molecule has 1 aliphatic heterocycles. The first-order chi connectivity index (χ1) is 12.6. The van der Waals surface area contributed by atoms with Crippen molar-refractivity contribution in [2.75, 3.05) is 27.3 Å². The van der Waals surface area contributed by atoms with E-state index >= 15 is 0 Å². The lowest BCUT2D eigenvalue weighted by atomic mass is 10.0. The number of methoxy groups -OCH3 is 2. The van der Waals surface area contributed by atoms with Gasteiger partial charge in [-0.3, -0.25) is 4.79 Å². The van der Waals surface area contributed by atoms with Gasteiger partial charge in [0.05, 0.1) is 26.7 Å². The number of aliphatic hydroxyl groups is 1. The van der Waals surface area contributed by atoms with Crippen molar-refractivity contribution < 1.29 is 19.4 Å². The monoisotopic (exact) mass is 355 g/mol. The third kappa shape index (κ3) is 3.99. The second kappa shape index (κ2) is 8.23. The Balaban J connectivity index is 1.67. The topological polar surface area (TPSA) is 59.0 Å². The molecule has 138 valence electrons. The van der Waals surface area contributed by atoms with E-state index in [9.17, 15) is 9.90 Å². The van der Waals surface area contributed by atoms with E-state index in [0.717, 1.165) is 18.4 Å². The molecule has 0 fully saturated rings. The van der Waals surface area contributed by atoms with Crippen LogP contribution in [-0.4, -0.2) is 43.2 Å². The van der Waals surface area contributed by atoms with Crippen LogP contribution in [0.15, 0.2) is 42.5 Å². The van der Waals surface area contributed by atoms with Gasteiger partial charge in [0.2, 0.25) is 5.91 Å². The van der Waals surface area contributed by atoms with Crippen LogP contribution in [0.3, 0.4) is 0 Å². The third-order valence-corrected chi connectivity index (χ3v) is 4.91. The third-order valence-electron chi connectivity index (χ3n) is 4.91. The Kier molecular flexibility index (Phi) is 5.78. The fraction of sp³-hybridized carbons (Fsp3) is 0.381. The summed E-state index contributed by atoms with van der Waals surface area (Å²) in [7, 11) is 3.25. The molecule has 2 aromatic rings. The van der Waals surface area contributed by atoms with Crippen molar-refractivity contribution in [3.8, 4) is 11.5 Å². The molecule has 5 heteroatoms. The van der Waals surface area contributed by atoms with E-state index in [1.54, 1.807) is 14.2 Å². The van der Waals surface area contributed by atoms with Gasteiger partial charge in [0.25, 0.3) is 0 Å². The summed E-state index contributed by atoms with van der Waals surface area (Å²) in [5.74, 6) is 1.41. The average molecular weight is 355 g/mol. The minimum absolute atomic E-state index is 0.0203. The second-order valence-electron chi connectivity index (χ2n) is 6.49. The molecule has 0 aromatic heterocycles. The van der Waals surface area contributed by atoms with Crippen LogP contribution in [0.1, 0.15) is 29.2 Å². The maximum atomic E-state index is 12.6. The highest BCUT2D eigenvalue weighted by Gasteiger charge is 2.22. The molecule has 1 unspecified atom stereocenters. The summed E-state index contributed by atoms with van der Waals surface area (Å²) in [5, 5.41) is 10.3. The highest BCUT2D eigenvalue weighted by Crippen LogP contribution is 2.32. The molecule has 0 bridgehead atoms. The minimum atomic E-state index is -0.769. The number of nitrogens with zero attached hydrogens (tertiary/aromatic N) is 1. The number of hydrogen-bond acceptors (Lipinski definition) is 4. The highest BCUT2D eigenvalue weighted by atomic mass is 16.5. The molecule has 0 aliphatic carbocycles. The van der Waals surface area contributed by atoms with E-state index in [-0.39, 0.29) is 12.3 Å². The van der Waals surface area contributed by atoms with Gasteiger partial charge in [-0.1, -0.05) is 30.3 Å². The van der Waals surface area contributed by atoms with Crippen molar-refractivity contribution in [3.63, 3.8) is 0 Å². The highest BCUT2D eigenvalue weighted by molar-refractivity contribution is 5.77. The predicted octanol–water partition coefficient (Wildman–Crippen LogP) is 2.75. The molecule has 1 heterocycles. The van der Waals surface area contributed by atoms with Crippen LogP contribution in [0.25, 0.3) is 0 Å². The molecule has 5 nitrogen and oxygen atoms in total. The Bertz CT molecular complexity index is 725. The van der Waals surface area contributed by atoms with Crippen LogP contribution >= 0.6 is 0 Å². The molecule has 26 heavy (non-hydrogen) atoms. The summed E-state index contributed by atoms with van der Waals surface area (Å²) in [6.07, 6.45) is 0.869. The smallest absolute Gasteiger partial charge is 0.225 e. The summed E-state index contributed by atoms with van der Waals surface area (Å²) >= 11 is 0. The number of hydrogen-bond donors (Lipinski definition) is 1. The Labute approximate surface area is 154 Å². The Hall–Kier alpha value is -2.53. The first kappa shape index (κ1) is 18.3. The largest absolute Gasteiger partial charge is 0.493 e. The van der Waals surface area contributed by atoms with Crippen LogP contribution in [0.4, 0.5) is 0 Å². The van der Waals surface area contributed by atoms with E-state index in [2.05, 4.69) is 0 Å². The Morgan fingerprint density at radius 2 is 1.58 bits per heavy atom. The molecule has 0 saturated carbocycles. The Morgan fingerprint density at radius 1 is 1.04 bits per heavy atom. The number of aliphatic hydroxyl groups excluding tert-OH is 1. The summed E-state index contributed by atoms with van der Waals surface area (Å²) in [6.45, 7) is 1.28. The lowest BCUT2D eigenvalue weighted by Crippen LogP contribution is -2.34. The van der Waals surface area contributed by atoms with E-state index in [1.165, 1.54) is 11.1 Å². The summed E-state index contributed by atoms with van der Waals surface area (Å²) in [4.78, 5) is 14.5. The quantitative estimate of drug-likeness (QED) is 0.896. The normalized spacial score (nSPS) is 15.0. The van der Waals surface area contributed by atoms with Gasteiger partial charge in [0, 0.05) is 13.1 Å². The van der Waals surface area contributed by atoms with Gasteiger partial charge in [-0.05, 0) is 41.7 Å². The Morgan fingerprint density at radius 3 is 2.08 bits per heavy atom. The lowest BCUT2D eigenvalue weighted by Gasteiger charge is -2.22. The van der Waals surface area contributed by atoms with Gasteiger partial charge in [-0.25, -0.2) is 0 Å². The molecular formula is C21H25NO4. The number of amides is 1. The maximum absolute atomic E-state index is 12.6.